The van der Waals surface area contributed by atoms with Crippen LogP contribution >= 0.6 is 0 Å². The molecule has 2 nitrogen and oxygen atoms in total. The molecule has 0 aliphatic rings. The number of unbranched alkanes of at least 4 members (excludes halogenated alkanes) is 5. The van der Waals surface area contributed by atoms with Crippen LogP contribution in [0.3, 0.4) is 0 Å². The van der Waals surface area contributed by atoms with Gasteiger partial charge >= 0.3 is 0 Å². The average Bonchev–Trinajstić information content (AvgIpc) is 2.36. The Bertz CT molecular complexity index is 227. The van der Waals surface area contributed by atoms with E-state index in [-0.39, 0.29) is 11.4 Å². The lowest BCUT2D eigenvalue weighted by Gasteiger charge is -2.31. The van der Waals surface area contributed by atoms with Crippen molar-refractivity contribution in [3.63, 3.8) is 0 Å². The van der Waals surface area contributed by atoms with Crippen LogP contribution in [-0.4, -0.2) is 16.5 Å². The molecular weight excluding hydrogens is 240 g/mol. The van der Waals surface area contributed by atoms with E-state index in [0.29, 0.717) is 16.4 Å². The minimum absolute atomic E-state index is 0.00741. The lowest BCUT2D eigenvalue weighted by molar-refractivity contribution is -0.147. The third-order valence-corrected chi connectivity index (χ3v) is 4.50. The summed E-state index contributed by atoms with van der Waals surface area (Å²) in [5, 5.41) is 0. The van der Waals surface area contributed by atoms with Gasteiger partial charge in [-0.05, 0) is 26.2 Å². The summed E-state index contributed by atoms with van der Waals surface area (Å²) in [7, 11) is 0.509. The van der Waals surface area contributed by atoms with E-state index < -0.39 is 0 Å². The van der Waals surface area contributed by atoms with Gasteiger partial charge in [0.2, 0.25) is 10.5 Å². The van der Waals surface area contributed by atoms with E-state index in [9.17, 15) is 4.79 Å². The summed E-state index contributed by atoms with van der Waals surface area (Å²) in [4.78, 5) is 11.8. The smallest absolute Gasteiger partial charge is 0.297 e. The minimum Gasteiger partial charge on any atom is -0.528 e. The van der Waals surface area contributed by atoms with Crippen molar-refractivity contribution in [3.05, 3.63) is 0 Å². The molecule has 18 heavy (non-hydrogen) atoms. The van der Waals surface area contributed by atoms with E-state index in [4.69, 9.17) is 4.43 Å². The number of hydrogen-bond acceptors (Lipinski definition) is 2. The third-order valence-electron chi connectivity index (χ3n) is 4.13. The third kappa shape index (κ3) is 6.03. The van der Waals surface area contributed by atoms with Gasteiger partial charge < -0.3 is 4.43 Å². The van der Waals surface area contributed by atoms with Crippen molar-refractivity contribution in [2.75, 3.05) is 0 Å². The first-order valence-corrected chi connectivity index (χ1v) is 8.40. The maximum atomic E-state index is 11.8. The van der Waals surface area contributed by atoms with Crippen LogP contribution in [0.2, 0.25) is 0 Å². The topological polar surface area (TPSA) is 26.3 Å². The summed E-state index contributed by atoms with van der Waals surface area (Å²) < 4.78 is 5.06. The molecule has 1 atom stereocenters. The fourth-order valence-electron chi connectivity index (χ4n) is 2.68. The number of carbonyl (C=O) groups excluding carboxylic acids is 1. The van der Waals surface area contributed by atoms with Gasteiger partial charge in [-0.2, -0.15) is 0 Å². The summed E-state index contributed by atoms with van der Waals surface area (Å²) in [5.74, 6) is 0.456. The molecule has 0 bridgehead atoms. The van der Waals surface area contributed by atoms with E-state index in [1.165, 1.54) is 38.5 Å². The molecule has 0 radical (unpaired) electrons. The van der Waals surface area contributed by atoms with Crippen LogP contribution in [0.15, 0.2) is 0 Å². The zero-order valence-corrected chi connectivity index (χ0v) is 15.1. The molecule has 0 aliphatic heterocycles. The molecule has 0 saturated carbocycles. The highest BCUT2D eigenvalue weighted by Gasteiger charge is 2.35. The van der Waals surface area contributed by atoms with Gasteiger partial charge in [-0.25, -0.2) is 0 Å². The zero-order chi connectivity index (χ0) is 14.0. The first-order valence-electron chi connectivity index (χ1n) is 7.59. The molecule has 0 aromatic rings. The predicted molar refractivity (Wildman–Crippen MR) is 81.6 cm³/mol. The van der Waals surface area contributed by atoms with Gasteiger partial charge in [0.25, 0.3) is 5.97 Å². The Morgan fingerprint density at radius 3 is 2.17 bits per heavy atom. The quantitative estimate of drug-likeness (QED) is 0.448. The van der Waals surface area contributed by atoms with Crippen LogP contribution in [0, 0.1) is 11.3 Å². The van der Waals surface area contributed by atoms with E-state index in [2.05, 4.69) is 13.8 Å². The molecule has 108 valence electrons. The standard InChI is InChI=1S/C15H32O2Si/c1-5-7-8-9-10-11-12-13(6-2)15(3,4)14(16)17-18/h13H,5-12H2,1-4,18H3. The second-order valence-electron chi connectivity index (χ2n) is 5.87. The maximum Gasteiger partial charge on any atom is 0.297 e. The molecule has 0 amide bonds. The van der Waals surface area contributed by atoms with Crippen molar-refractivity contribution >= 4 is 16.5 Å². The summed E-state index contributed by atoms with van der Waals surface area (Å²) in [5.41, 5.74) is -0.306. The highest BCUT2D eigenvalue weighted by atomic mass is 28.2. The predicted octanol–water partition coefficient (Wildman–Crippen LogP) is 3.61. The molecule has 0 fully saturated rings. The van der Waals surface area contributed by atoms with Gasteiger partial charge in [0.15, 0.2) is 0 Å². The number of carbonyl (C=O) groups is 1. The molecule has 0 N–H and O–H groups in total. The first-order chi connectivity index (χ1) is 8.50. The Kier molecular flexibility index (Phi) is 9.43. The van der Waals surface area contributed by atoms with Crippen molar-refractivity contribution in [1.82, 2.24) is 0 Å². The maximum absolute atomic E-state index is 11.8. The van der Waals surface area contributed by atoms with Crippen molar-refractivity contribution in [2.24, 2.45) is 11.3 Å². The Morgan fingerprint density at radius 1 is 1.11 bits per heavy atom. The van der Waals surface area contributed by atoms with E-state index >= 15 is 0 Å². The molecule has 0 saturated heterocycles. The Labute approximate surface area is 116 Å². The molecule has 0 aliphatic carbocycles. The van der Waals surface area contributed by atoms with Gasteiger partial charge in [0.1, 0.15) is 0 Å². The fourth-order valence-corrected chi connectivity index (χ4v) is 3.20. The summed E-state index contributed by atoms with van der Waals surface area (Å²) in [6.45, 7) is 8.51. The fraction of sp³-hybridized carbons (Fsp3) is 0.933. The zero-order valence-electron chi connectivity index (χ0n) is 13.1. The van der Waals surface area contributed by atoms with E-state index in [0.717, 1.165) is 12.8 Å². The lowest BCUT2D eigenvalue weighted by Crippen LogP contribution is -2.34. The van der Waals surface area contributed by atoms with Gasteiger partial charge in [-0.1, -0.05) is 58.8 Å². The van der Waals surface area contributed by atoms with E-state index in [1.54, 1.807) is 0 Å². The molecule has 0 aromatic heterocycles. The van der Waals surface area contributed by atoms with Gasteiger partial charge in [-0.3, -0.25) is 4.79 Å². The van der Waals surface area contributed by atoms with Crippen LogP contribution in [0.5, 0.6) is 0 Å². The lowest BCUT2D eigenvalue weighted by atomic mass is 9.74. The van der Waals surface area contributed by atoms with Crippen LogP contribution in [0.25, 0.3) is 0 Å². The molecule has 0 spiro atoms. The minimum atomic E-state index is -0.306. The molecule has 0 rings (SSSR count). The van der Waals surface area contributed by atoms with Crippen molar-refractivity contribution in [2.45, 2.75) is 79.1 Å². The van der Waals surface area contributed by atoms with Crippen LogP contribution in [0.4, 0.5) is 0 Å². The molecule has 3 heteroatoms. The van der Waals surface area contributed by atoms with Gasteiger partial charge in [0, 0.05) is 0 Å². The average molecular weight is 273 g/mol. The highest BCUT2D eigenvalue weighted by Crippen LogP contribution is 2.34. The van der Waals surface area contributed by atoms with E-state index in [1.807, 2.05) is 13.8 Å². The van der Waals surface area contributed by atoms with Crippen molar-refractivity contribution < 1.29 is 9.22 Å². The number of hydrogen-bond donors (Lipinski definition) is 0. The molecule has 0 heterocycles. The largest absolute Gasteiger partial charge is 0.528 e. The summed E-state index contributed by atoms with van der Waals surface area (Å²) >= 11 is 0. The second kappa shape index (κ2) is 9.60. The Balaban J connectivity index is 4.00. The monoisotopic (exact) mass is 272 g/mol. The molecular formula is C15H32O2Si. The van der Waals surface area contributed by atoms with Crippen LogP contribution in [-0.2, 0) is 9.22 Å². The normalized spacial score (nSPS) is 13.6. The van der Waals surface area contributed by atoms with Crippen LogP contribution < -0.4 is 0 Å². The van der Waals surface area contributed by atoms with Gasteiger partial charge in [-0.15, -0.1) is 0 Å². The molecule has 0 aromatic carbocycles. The van der Waals surface area contributed by atoms with Crippen molar-refractivity contribution in [1.29, 1.82) is 0 Å². The second-order valence-corrected chi connectivity index (χ2v) is 6.28. The Hall–Kier alpha value is -0.313. The first kappa shape index (κ1) is 17.7. The number of rotatable bonds is 10. The van der Waals surface area contributed by atoms with Crippen molar-refractivity contribution in [3.8, 4) is 0 Å². The van der Waals surface area contributed by atoms with Crippen LogP contribution in [0.1, 0.15) is 79.1 Å². The van der Waals surface area contributed by atoms with Gasteiger partial charge in [0.05, 0.1) is 5.41 Å². The summed E-state index contributed by atoms with van der Waals surface area (Å²) in [6.07, 6.45) is 10.1. The summed E-state index contributed by atoms with van der Waals surface area (Å²) in [6, 6.07) is 0. The Morgan fingerprint density at radius 2 is 1.67 bits per heavy atom. The highest BCUT2D eigenvalue weighted by molar-refractivity contribution is 6.06. The SMILES string of the molecule is CCCCCCCCC(CC)C(C)(C)C(=O)O[SiH3]. The molecule has 1 unspecified atom stereocenters.